The Morgan fingerprint density at radius 3 is 2.64 bits per heavy atom. The summed E-state index contributed by atoms with van der Waals surface area (Å²) in [6, 6.07) is 5.02. The van der Waals surface area contributed by atoms with Crippen LogP contribution in [0.1, 0.15) is 31.4 Å². The number of aromatic nitrogens is 1. The minimum atomic E-state index is -0.501. The summed E-state index contributed by atoms with van der Waals surface area (Å²) in [5.41, 5.74) is 7.08. The van der Waals surface area contributed by atoms with E-state index in [4.69, 9.17) is 10.5 Å². The van der Waals surface area contributed by atoms with Crippen LogP contribution in [0.15, 0.2) is 18.2 Å². The van der Waals surface area contributed by atoms with Crippen molar-refractivity contribution in [3.63, 3.8) is 0 Å². The van der Waals surface area contributed by atoms with E-state index in [-0.39, 0.29) is 48.5 Å². The van der Waals surface area contributed by atoms with Gasteiger partial charge in [-0.3, -0.25) is 9.59 Å². The molecule has 2 amide bonds. The molecule has 2 unspecified atom stereocenters. The van der Waals surface area contributed by atoms with Gasteiger partial charge < -0.3 is 20.7 Å². The van der Waals surface area contributed by atoms with E-state index in [1.807, 2.05) is 19.1 Å². The minimum absolute atomic E-state index is 0. The largest absolute Gasteiger partial charge is 0.381 e. The zero-order valence-electron chi connectivity index (χ0n) is 16.1. The predicted molar refractivity (Wildman–Crippen MR) is 113 cm³/mol. The quantitative estimate of drug-likeness (QED) is 0.759. The van der Waals surface area contributed by atoms with Crippen molar-refractivity contribution >= 4 is 42.4 Å². The molecule has 0 saturated carbocycles. The molecule has 2 atom stereocenters. The van der Waals surface area contributed by atoms with E-state index < -0.39 is 6.04 Å². The number of carbonyl (C=O) groups excluding carboxylic acids is 2. The van der Waals surface area contributed by atoms with Crippen LogP contribution in [-0.4, -0.2) is 54.0 Å². The number of hydrogen-bond donors (Lipinski definition) is 2. The SMILES string of the molecule is Cc1cccc(NC(=O)C2CCCN(C(=O)C(N)C3CCOCC3)C2)n1.Cl.Cl. The normalized spacial score (nSPS) is 21.1. The van der Waals surface area contributed by atoms with Gasteiger partial charge >= 0.3 is 0 Å². The number of pyridine rings is 1. The first kappa shape index (κ1) is 24.6. The van der Waals surface area contributed by atoms with Crippen molar-refractivity contribution < 1.29 is 14.3 Å². The Kier molecular flexibility index (Phi) is 10.2. The molecule has 0 radical (unpaired) electrons. The van der Waals surface area contributed by atoms with Gasteiger partial charge in [0.1, 0.15) is 5.82 Å². The summed E-state index contributed by atoms with van der Waals surface area (Å²) in [5, 5.41) is 2.87. The molecule has 2 fully saturated rings. The number of piperidine rings is 1. The molecule has 3 heterocycles. The lowest BCUT2D eigenvalue weighted by molar-refractivity contribution is -0.137. The average Bonchev–Trinajstić information content (AvgIpc) is 2.67. The maximum atomic E-state index is 12.8. The van der Waals surface area contributed by atoms with Crippen LogP contribution in [0.4, 0.5) is 5.82 Å². The van der Waals surface area contributed by atoms with Crippen LogP contribution in [0, 0.1) is 18.8 Å². The van der Waals surface area contributed by atoms with Crippen molar-refractivity contribution in [1.82, 2.24) is 9.88 Å². The molecule has 2 aliphatic rings. The van der Waals surface area contributed by atoms with E-state index in [0.717, 1.165) is 31.4 Å². The number of amides is 2. The zero-order valence-corrected chi connectivity index (χ0v) is 17.8. The number of halogens is 2. The van der Waals surface area contributed by atoms with Gasteiger partial charge in [-0.25, -0.2) is 4.98 Å². The summed E-state index contributed by atoms with van der Waals surface area (Å²) in [4.78, 5) is 31.4. The van der Waals surface area contributed by atoms with Crippen LogP contribution < -0.4 is 11.1 Å². The molecule has 3 N–H and O–H groups in total. The standard InChI is InChI=1S/C19H28N4O3.2ClH/c1-13-4-2-6-16(21-13)22-18(24)15-5-3-9-23(12-15)19(25)17(20)14-7-10-26-11-8-14;;/h2,4,6,14-15,17H,3,5,7-12,20H2,1H3,(H,21,22,24);2*1H. The highest BCUT2D eigenvalue weighted by atomic mass is 35.5. The van der Waals surface area contributed by atoms with Gasteiger partial charge in [0.2, 0.25) is 11.8 Å². The maximum absolute atomic E-state index is 12.8. The van der Waals surface area contributed by atoms with Crippen molar-refractivity contribution in [3.05, 3.63) is 23.9 Å². The van der Waals surface area contributed by atoms with E-state index in [9.17, 15) is 9.59 Å². The Bertz CT molecular complexity index is 656. The molecule has 1 aromatic rings. The fraction of sp³-hybridized carbons (Fsp3) is 0.632. The fourth-order valence-electron chi connectivity index (χ4n) is 3.72. The van der Waals surface area contributed by atoms with Crippen LogP contribution in [0.2, 0.25) is 0 Å². The smallest absolute Gasteiger partial charge is 0.239 e. The Morgan fingerprint density at radius 2 is 1.96 bits per heavy atom. The third kappa shape index (κ3) is 6.30. The van der Waals surface area contributed by atoms with Crippen LogP contribution in [-0.2, 0) is 14.3 Å². The second-order valence-corrected chi connectivity index (χ2v) is 7.25. The van der Waals surface area contributed by atoms with Crippen molar-refractivity contribution in [3.8, 4) is 0 Å². The van der Waals surface area contributed by atoms with E-state index in [2.05, 4.69) is 10.3 Å². The summed E-state index contributed by atoms with van der Waals surface area (Å²) in [7, 11) is 0. The topological polar surface area (TPSA) is 97.6 Å². The molecule has 7 nitrogen and oxygen atoms in total. The van der Waals surface area contributed by atoms with E-state index in [1.54, 1.807) is 11.0 Å². The Hall–Kier alpha value is -1.41. The summed E-state index contributed by atoms with van der Waals surface area (Å²) in [6.45, 7) is 4.31. The number of anilines is 1. The van der Waals surface area contributed by atoms with Crippen molar-refractivity contribution in [2.45, 2.75) is 38.6 Å². The molecule has 2 aliphatic heterocycles. The first-order valence-corrected chi connectivity index (χ1v) is 9.41. The third-order valence-corrected chi connectivity index (χ3v) is 5.30. The Labute approximate surface area is 178 Å². The van der Waals surface area contributed by atoms with Gasteiger partial charge in [-0.1, -0.05) is 6.07 Å². The number of carbonyl (C=O) groups is 2. The molecule has 9 heteroatoms. The molecule has 2 saturated heterocycles. The van der Waals surface area contributed by atoms with Crippen molar-refractivity contribution in [2.75, 3.05) is 31.6 Å². The Morgan fingerprint density at radius 1 is 1.25 bits per heavy atom. The monoisotopic (exact) mass is 432 g/mol. The van der Waals surface area contributed by atoms with Crippen LogP contribution in [0.5, 0.6) is 0 Å². The Balaban J connectivity index is 0.00000196. The fourth-order valence-corrected chi connectivity index (χ4v) is 3.72. The van der Waals surface area contributed by atoms with E-state index >= 15 is 0 Å². The highest BCUT2D eigenvalue weighted by Gasteiger charge is 2.34. The van der Waals surface area contributed by atoms with Gasteiger partial charge in [0, 0.05) is 32.0 Å². The number of nitrogens with zero attached hydrogens (tertiary/aromatic N) is 2. The maximum Gasteiger partial charge on any atom is 0.239 e. The van der Waals surface area contributed by atoms with E-state index in [0.29, 0.717) is 32.1 Å². The molecular weight excluding hydrogens is 403 g/mol. The first-order chi connectivity index (χ1) is 12.5. The summed E-state index contributed by atoms with van der Waals surface area (Å²) in [6.07, 6.45) is 3.23. The van der Waals surface area contributed by atoms with Gasteiger partial charge in [0.25, 0.3) is 0 Å². The number of hydrogen-bond acceptors (Lipinski definition) is 5. The molecule has 3 rings (SSSR count). The van der Waals surface area contributed by atoms with Crippen LogP contribution in [0.3, 0.4) is 0 Å². The first-order valence-electron chi connectivity index (χ1n) is 9.41. The van der Waals surface area contributed by atoms with Crippen molar-refractivity contribution in [2.24, 2.45) is 17.6 Å². The summed E-state index contributed by atoms with van der Waals surface area (Å²) < 4.78 is 5.35. The van der Waals surface area contributed by atoms with Gasteiger partial charge in [0.05, 0.1) is 12.0 Å². The number of rotatable bonds is 4. The van der Waals surface area contributed by atoms with Gasteiger partial charge in [-0.2, -0.15) is 0 Å². The number of likely N-dealkylation sites (tertiary alicyclic amines) is 1. The zero-order chi connectivity index (χ0) is 18.5. The molecular formula is C19H30Cl2N4O3. The number of ether oxygens (including phenoxy) is 1. The molecule has 0 aromatic carbocycles. The third-order valence-electron chi connectivity index (χ3n) is 5.30. The van der Waals surface area contributed by atoms with Gasteiger partial charge in [0.15, 0.2) is 0 Å². The predicted octanol–water partition coefficient (Wildman–Crippen LogP) is 2.16. The number of aryl methyl sites for hydroxylation is 1. The molecule has 0 bridgehead atoms. The summed E-state index contributed by atoms with van der Waals surface area (Å²) >= 11 is 0. The highest BCUT2D eigenvalue weighted by molar-refractivity contribution is 5.92. The minimum Gasteiger partial charge on any atom is -0.381 e. The van der Waals surface area contributed by atoms with E-state index in [1.165, 1.54) is 0 Å². The lowest BCUT2D eigenvalue weighted by Gasteiger charge is -2.36. The molecule has 0 aliphatic carbocycles. The van der Waals surface area contributed by atoms with Gasteiger partial charge in [-0.15, -0.1) is 24.8 Å². The molecule has 158 valence electrons. The second kappa shape index (κ2) is 11.6. The molecule has 0 spiro atoms. The number of nitrogens with two attached hydrogens (primary N) is 1. The van der Waals surface area contributed by atoms with Crippen molar-refractivity contribution in [1.29, 1.82) is 0 Å². The lowest BCUT2D eigenvalue weighted by Crippen LogP contribution is -2.52. The summed E-state index contributed by atoms with van der Waals surface area (Å²) in [5.74, 6) is 0.375. The number of nitrogens with one attached hydrogen (secondary N) is 1. The average molecular weight is 433 g/mol. The van der Waals surface area contributed by atoms with Gasteiger partial charge in [-0.05, 0) is 50.7 Å². The lowest BCUT2D eigenvalue weighted by atomic mass is 9.90. The molecule has 28 heavy (non-hydrogen) atoms. The highest BCUT2D eigenvalue weighted by Crippen LogP contribution is 2.23. The van der Waals surface area contributed by atoms with Crippen LogP contribution in [0.25, 0.3) is 0 Å². The van der Waals surface area contributed by atoms with Crippen LogP contribution >= 0.6 is 24.8 Å². The second-order valence-electron chi connectivity index (χ2n) is 7.25. The molecule has 1 aromatic heterocycles.